The molecule has 16 heavy (non-hydrogen) atoms. The van der Waals surface area contributed by atoms with Crippen molar-refractivity contribution >= 4 is 0 Å². The molecule has 1 nitrogen and oxygen atoms in total. The molecule has 2 fully saturated rings. The molecule has 0 amide bonds. The van der Waals surface area contributed by atoms with Crippen LogP contribution < -0.4 is 0 Å². The van der Waals surface area contributed by atoms with Crippen LogP contribution in [-0.4, -0.2) is 13.2 Å². The third-order valence-electron chi connectivity index (χ3n) is 3.03. The molecule has 0 bridgehead atoms. The van der Waals surface area contributed by atoms with Gasteiger partial charge in [-0.2, -0.15) is 0 Å². The quantitative estimate of drug-likeness (QED) is 0.620. The van der Waals surface area contributed by atoms with Crippen LogP contribution in [0.5, 0.6) is 0 Å². The molecule has 0 aromatic rings. The number of hydrogen-bond acceptors (Lipinski definition) is 1. The Morgan fingerprint density at radius 2 is 1.00 bits per heavy atom. The minimum absolute atomic E-state index is 1.00. The van der Waals surface area contributed by atoms with E-state index in [0.717, 1.165) is 13.2 Å². The van der Waals surface area contributed by atoms with Gasteiger partial charge in [0.15, 0.2) is 0 Å². The van der Waals surface area contributed by atoms with Gasteiger partial charge in [0.1, 0.15) is 0 Å². The second kappa shape index (κ2) is 15.0. The molecule has 1 saturated heterocycles. The van der Waals surface area contributed by atoms with E-state index in [1.54, 1.807) is 0 Å². The van der Waals surface area contributed by atoms with Crippen molar-refractivity contribution < 1.29 is 4.74 Å². The SMILES string of the molecule is C1CCCCC1.C1CCOC1.CCCCC. The fraction of sp³-hybridized carbons (Fsp3) is 1.00. The molecule has 0 unspecified atom stereocenters. The predicted octanol–water partition coefficient (Wildman–Crippen LogP) is 5.33. The lowest BCUT2D eigenvalue weighted by atomic mass is 10.0. The van der Waals surface area contributed by atoms with Crippen LogP contribution in [0.2, 0.25) is 0 Å². The van der Waals surface area contributed by atoms with Gasteiger partial charge in [-0.3, -0.25) is 0 Å². The van der Waals surface area contributed by atoms with Gasteiger partial charge in [0.05, 0.1) is 0 Å². The van der Waals surface area contributed by atoms with Crippen LogP contribution >= 0.6 is 0 Å². The lowest BCUT2D eigenvalue weighted by Gasteiger charge is -2.05. The third-order valence-corrected chi connectivity index (χ3v) is 3.03. The lowest BCUT2D eigenvalue weighted by Crippen LogP contribution is -1.85. The van der Waals surface area contributed by atoms with E-state index < -0.39 is 0 Å². The van der Waals surface area contributed by atoms with Gasteiger partial charge in [-0.15, -0.1) is 0 Å². The summed E-state index contributed by atoms with van der Waals surface area (Å²) in [7, 11) is 0. The predicted molar refractivity (Wildman–Crippen MR) is 73.0 cm³/mol. The standard InChI is InChI=1S/C6H12.C5H12.C4H8O/c1-2-4-6-5-3-1;1-3-5-4-2;1-2-4-5-3-1/h1-6H2;3-5H2,1-2H3;1-4H2. The first-order chi connectivity index (χ1) is 7.91. The first kappa shape index (κ1) is 16.0. The minimum atomic E-state index is 1.00. The zero-order chi connectivity index (χ0) is 11.9. The molecule has 1 aliphatic heterocycles. The van der Waals surface area contributed by atoms with Gasteiger partial charge >= 0.3 is 0 Å². The number of hydrogen-bond donors (Lipinski definition) is 0. The van der Waals surface area contributed by atoms with Crippen molar-refractivity contribution in [1.29, 1.82) is 0 Å². The highest BCUT2D eigenvalue weighted by Crippen LogP contribution is 2.15. The van der Waals surface area contributed by atoms with Crippen molar-refractivity contribution in [3.05, 3.63) is 0 Å². The largest absolute Gasteiger partial charge is 0.381 e. The molecule has 1 aliphatic carbocycles. The maximum absolute atomic E-state index is 4.94. The van der Waals surface area contributed by atoms with Crippen molar-refractivity contribution in [2.24, 2.45) is 0 Å². The smallest absolute Gasteiger partial charge is 0.0466 e. The summed E-state index contributed by atoms with van der Waals surface area (Å²) < 4.78 is 4.94. The normalized spacial score (nSPS) is 19.1. The Morgan fingerprint density at radius 3 is 1.12 bits per heavy atom. The lowest BCUT2D eigenvalue weighted by molar-refractivity contribution is 0.198. The average molecular weight is 228 g/mol. The van der Waals surface area contributed by atoms with Crippen LogP contribution in [0, 0.1) is 0 Å². The molecule has 2 rings (SSSR count). The zero-order valence-electron chi connectivity index (χ0n) is 11.6. The molecule has 0 aromatic carbocycles. The maximum Gasteiger partial charge on any atom is 0.0466 e. The summed E-state index contributed by atoms with van der Waals surface area (Å²) in [6.07, 6.45) is 15.6. The Bertz CT molecular complexity index is 82.9. The van der Waals surface area contributed by atoms with Crippen LogP contribution in [0.4, 0.5) is 0 Å². The molecule has 0 aromatic heterocycles. The highest BCUT2D eigenvalue weighted by Gasteiger charge is 1.95. The Labute approximate surface area is 103 Å². The summed E-state index contributed by atoms with van der Waals surface area (Å²) in [5, 5.41) is 0. The summed E-state index contributed by atoms with van der Waals surface area (Å²) >= 11 is 0. The molecule has 1 saturated carbocycles. The molecule has 2 aliphatic rings. The van der Waals surface area contributed by atoms with Gasteiger partial charge < -0.3 is 4.74 Å². The monoisotopic (exact) mass is 228 g/mol. The summed E-state index contributed by atoms with van der Waals surface area (Å²) in [6, 6.07) is 0. The first-order valence-electron chi connectivity index (χ1n) is 7.49. The van der Waals surface area contributed by atoms with E-state index >= 15 is 0 Å². The molecule has 0 N–H and O–H groups in total. The van der Waals surface area contributed by atoms with E-state index in [1.807, 2.05) is 0 Å². The molecule has 1 heteroatoms. The maximum atomic E-state index is 4.94. The van der Waals surface area contributed by atoms with Gasteiger partial charge in [0.2, 0.25) is 0 Å². The van der Waals surface area contributed by atoms with Gasteiger partial charge in [0.25, 0.3) is 0 Å². The molecule has 1 heterocycles. The molecule has 0 radical (unpaired) electrons. The summed E-state index contributed by atoms with van der Waals surface area (Å²) in [5.74, 6) is 0. The number of rotatable bonds is 2. The average Bonchev–Trinajstić information content (AvgIpc) is 2.92. The van der Waals surface area contributed by atoms with E-state index in [4.69, 9.17) is 4.74 Å². The van der Waals surface area contributed by atoms with E-state index in [1.165, 1.54) is 70.6 Å². The number of ether oxygens (including phenoxy) is 1. The van der Waals surface area contributed by atoms with Crippen molar-refractivity contribution in [3.8, 4) is 0 Å². The Hall–Kier alpha value is -0.0400. The van der Waals surface area contributed by atoms with Crippen LogP contribution in [-0.2, 0) is 4.74 Å². The van der Waals surface area contributed by atoms with Crippen molar-refractivity contribution in [2.45, 2.75) is 84.5 Å². The zero-order valence-corrected chi connectivity index (χ0v) is 11.6. The second-order valence-electron chi connectivity index (χ2n) is 4.79. The van der Waals surface area contributed by atoms with Crippen LogP contribution in [0.15, 0.2) is 0 Å². The summed E-state index contributed by atoms with van der Waals surface area (Å²) in [5.41, 5.74) is 0. The van der Waals surface area contributed by atoms with Crippen molar-refractivity contribution in [3.63, 3.8) is 0 Å². The van der Waals surface area contributed by atoms with Crippen molar-refractivity contribution in [2.75, 3.05) is 13.2 Å². The Morgan fingerprint density at radius 1 is 0.625 bits per heavy atom. The van der Waals surface area contributed by atoms with E-state index in [-0.39, 0.29) is 0 Å². The van der Waals surface area contributed by atoms with Crippen molar-refractivity contribution in [1.82, 2.24) is 0 Å². The second-order valence-corrected chi connectivity index (χ2v) is 4.79. The Balaban J connectivity index is 0.000000213. The molecule has 98 valence electrons. The van der Waals surface area contributed by atoms with Gasteiger partial charge in [-0.1, -0.05) is 71.6 Å². The molecule has 0 spiro atoms. The first-order valence-corrected chi connectivity index (χ1v) is 7.49. The summed E-state index contributed by atoms with van der Waals surface area (Å²) in [4.78, 5) is 0. The molecular weight excluding hydrogens is 196 g/mol. The van der Waals surface area contributed by atoms with Gasteiger partial charge in [-0.25, -0.2) is 0 Å². The molecule has 0 atom stereocenters. The highest BCUT2D eigenvalue weighted by molar-refractivity contribution is 4.51. The Kier molecular flexibility index (Phi) is 14.9. The third kappa shape index (κ3) is 14.0. The highest BCUT2D eigenvalue weighted by atomic mass is 16.5. The van der Waals surface area contributed by atoms with Crippen LogP contribution in [0.1, 0.15) is 84.5 Å². The van der Waals surface area contributed by atoms with Gasteiger partial charge in [-0.05, 0) is 12.8 Å². The topological polar surface area (TPSA) is 9.23 Å². The van der Waals surface area contributed by atoms with E-state index in [2.05, 4.69) is 13.8 Å². The minimum Gasteiger partial charge on any atom is -0.381 e. The fourth-order valence-corrected chi connectivity index (χ4v) is 1.92. The fourth-order valence-electron chi connectivity index (χ4n) is 1.92. The molecular formula is C15H32O. The van der Waals surface area contributed by atoms with Crippen LogP contribution in [0.25, 0.3) is 0 Å². The van der Waals surface area contributed by atoms with E-state index in [9.17, 15) is 0 Å². The van der Waals surface area contributed by atoms with E-state index in [0.29, 0.717) is 0 Å². The van der Waals surface area contributed by atoms with Crippen LogP contribution in [0.3, 0.4) is 0 Å². The van der Waals surface area contributed by atoms with Gasteiger partial charge in [0, 0.05) is 13.2 Å². The summed E-state index contributed by atoms with van der Waals surface area (Å²) in [6.45, 7) is 6.42. The number of unbranched alkanes of at least 4 members (excludes halogenated alkanes) is 2.